The first kappa shape index (κ1) is 27.2. The summed E-state index contributed by atoms with van der Waals surface area (Å²) in [7, 11) is 0. The highest BCUT2D eigenvalue weighted by molar-refractivity contribution is 5.87. The zero-order valence-electron chi connectivity index (χ0n) is 20.1. The van der Waals surface area contributed by atoms with E-state index < -0.39 is 0 Å². The molecule has 0 aliphatic carbocycles. The summed E-state index contributed by atoms with van der Waals surface area (Å²) < 4.78 is 5.50. The maximum absolute atomic E-state index is 11.7. The number of hydrogen-bond donors (Lipinski definition) is 5. The largest absolute Gasteiger partial charge is 0.503 e. The van der Waals surface area contributed by atoms with Crippen LogP contribution >= 0.6 is 0 Å². The van der Waals surface area contributed by atoms with Gasteiger partial charge in [-0.1, -0.05) is 19.9 Å². The molecule has 6 N–H and O–H groups in total. The van der Waals surface area contributed by atoms with Gasteiger partial charge in [0.2, 0.25) is 0 Å². The van der Waals surface area contributed by atoms with Crippen LogP contribution in [0.2, 0.25) is 0 Å². The average molecular weight is 455 g/mol. The molecule has 0 atom stereocenters. The summed E-state index contributed by atoms with van der Waals surface area (Å²) in [5.74, 6) is 0.750. The SMILES string of the molecule is C/C=C(\C=C(/C)OCC(=O)NC(C)C)c1ncc(O)c(Nc2ccc(N)c(C=N)c2)n1.CC. The fourth-order valence-electron chi connectivity index (χ4n) is 2.60. The second-order valence-electron chi connectivity index (χ2n) is 7.05. The van der Waals surface area contributed by atoms with E-state index in [9.17, 15) is 9.90 Å². The Morgan fingerprint density at radius 2 is 2.03 bits per heavy atom. The molecule has 1 aromatic heterocycles. The van der Waals surface area contributed by atoms with Crippen molar-refractivity contribution in [2.75, 3.05) is 17.7 Å². The van der Waals surface area contributed by atoms with Crippen molar-refractivity contribution in [3.8, 4) is 5.75 Å². The first-order chi connectivity index (χ1) is 15.7. The van der Waals surface area contributed by atoms with Crippen molar-refractivity contribution in [1.82, 2.24) is 15.3 Å². The number of allylic oxidation sites excluding steroid dienone is 4. The van der Waals surface area contributed by atoms with E-state index >= 15 is 0 Å². The van der Waals surface area contributed by atoms with Crippen LogP contribution in [0.15, 0.2) is 42.3 Å². The standard InChI is InChI=1S/C22H28N6O3.C2H6/c1-5-15(8-14(4)31-12-20(30)26-13(2)3)21-25-11-19(29)22(28-21)27-17-6-7-18(24)16(9-17)10-23;1-2/h5-11,13,23,29H,12,24H2,1-4H3,(H,26,30)(H,25,27,28);1-2H3/b14-8+,15-5+,23-10?;. The predicted octanol–water partition coefficient (Wildman–Crippen LogP) is 4.38. The van der Waals surface area contributed by atoms with Gasteiger partial charge in [0.15, 0.2) is 24.0 Å². The highest BCUT2D eigenvalue weighted by atomic mass is 16.5. The topological polar surface area (TPSA) is 146 Å². The molecular formula is C24H34N6O3. The van der Waals surface area contributed by atoms with Crippen molar-refractivity contribution < 1.29 is 14.6 Å². The lowest BCUT2D eigenvalue weighted by Gasteiger charge is -2.12. The fraction of sp³-hybridized carbons (Fsp3) is 0.333. The molecule has 0 unspecified atom stereocenters. The number of amides is 1. The molecule has 0 radical (unpaired) electrons. The van der Waals surface area contributed by atoms with Crippen LogP contribution in [0.5, 0.6) is 5.75 Å². The molecule has 9 nitrogen and oxygen atoms in total. The highest BCUT2D eigenvalue weighted by Gasteiger charge is 2.11. The lowest BCUT2D eigenvalue weighted by atomic mass is 10.1. The Kier molecular flexibility index (Phi) is 11.1. The fourth-order valence-corrected chi connectivity index (χ4v) is 2.60. The first-order valence-electron chi connectivity index (χ1n) is 10.7. The van der Waals surface area contributed by atoms with Crippen molar-refractivity contribution in [2.24, 2.45) is 0 Å². The summed E-state index contributed by atoms with van der Waals surface area (Å²) in [6, 6.07) is 5.11. The molecule has 9 heteroatoms. The van der Waals surface area contributed by atoms with Crippen molar-refractivity contribution in [1.29, 1.82) is 5.41 Å². The number of nitrogens with two attached hydrogens (primary N) is 1. The van der Waals surface area contributed by atoms with Crippen LogP contribution < -0.4 is 16.4 Å². The Morgan fingerprint density at radius 1 is 1.33 bits per heavy atom. The zero-order chi connectivity index (χ0) is 25.0. The van der Waals surface area contributed by atoms with E-state index in [1.54, 1.807) is 37.3 Å². The number of aromatic nitrogens is 2. The van der Waals surface area contributed by atoms with Gasteiger partial charge in [-0.15, -0.1) is 0 Å². The summed E-state index contributed by atoms with van der Waals surface area (Å²) in [5.41, 5.74) is 8.11. The van der Waals surface area contributed by atoms with Crippen molar-refractivity contribution in [3.05, 3.63) is 53.7 Å². The van der Waals surface area contributed by atoms with Crippen molar-refractivity contribution >= 4 is 34.9 Å². The maximum Gasteiger partial charge on any atom is 0.258 e. The molecule has 1 amide bonds. The zero-order valence-corrected chi connectivity index (χ0v) is 20.1. The van der Waals surface area contributed by atoms with E-state index in [1.165, 1.54) is 6.20 Å². The Morgan fingerprint density at radius 3 is 2.64 bits per heavy atom. The van der Waals surface area contributed by atoms with Gasteiger partial charge in [-0.3, -0.25) is 4.79 Å². The van der Waals surface area contributed by atoms with Gasteiger partial charge in [0, 0.05) is 34.8 Å². The van der Waals surface area contributed by atoms with Crippen molar-refractivity contribution in [3.63, 3.8) is 0 Å². The molecule has 178 valence electrons. The second kappa shape index (κ2) is 13.5. The van der Waals surface area contributed by atoms with Crippen LogP contribution in [-0.4, -0.2) is 39.8 Å². The third kappa shape index (κ3) is 8.64. The van der Waals surface area contributed by atoms with Crippen molar-refractivity contribution in [2.45, 2.75) is 47.6 Å². The Hall–Kier alpha value is -3.88. The molecule has 0 saturated heterocycles. The monoisotopic (exact) mass is 454 g/mol. The minimum Gasteiger partial charge on any atom is -0.503 e. The third-order valence-corrected chi connectivity index (χ3v) is 4.08. The Bertz CT molecular complexity index is 1020. The predicted molar refractivity (Wildman–Crippen MR) is 134 cm³/mol. The molecule has 33 heavy (non-hydrogen) atoms. The van der Waals surface area contributed by atoms with Gasteiger partial charge in [-0.2, -0.15) is 0 Å². The average Bonchev–Trinajstić information content (AvgIpc) is 2.79. The van der Waals surface area contributed by atoms with E-state index in [0.717, 1.165) is 6.21 Å². The van der Waals surface area contributed by atoms with Crippen LogP contribution in [0.25, 0.3) is 5.57 Å². The van der Waals surface area contributed by atoms with E-state index in [2.05, 4.69) is 20.6 Å². The maximum atomic E-state index is 11.7. The minimum absolute atomic E-state index is 0.0407. The number of hydrogen-bond acceptors (Lipinski definition) is 8. The van der Waals surface area contributed by atoms with Crippen LogP contribution in [0, 0.1) is 5.41 Å². The van der Waals surface area contributed by atoms with Crippen LogP contribution in [0.1, 0.15) is 52.9 Å². The van der Waals surface area contributed by atoms with Gasteiger partial charge in [-0.05, 0) is 52.0 Å². The van der Waals surface area contributed by atoms with Gasteiger partial charge in [0.1, 0.15) is 0 Å². The van der Waals surface area contributed by atoms with Gasteiger partial charge in [0.05, 0.1) is 12.0 Å². The van der Waals surface area contributed by atoms with E-state index in [0.29, 0.717) is 34.1 Å². The summed E-state index contributed by atoms with van der Waals surface area (Å²) >= 11 is 0. The lowest BCUT2D eigenvalue weighted by Crippen LogP contribution is -2.33. The second-order valence-corrected chi connectivity index (χ2v) is 7.05. The number of carbonyl (C=O) groups excluding carboxylic acids is 1. The summed E-state index contributed by atoms with van der Waals surface area (Å²) in [4.78, 5) is 20.3. The normalized spacial score (nSPS) is 11.4. The number of nitrogens with zero attached hydrogens (tertiary/aromatic N) is 2. The molecule has 2 aromatic rings. The number of anilines is 3. The minimum atomic E-state index is -0.204. The van der Waals surface area contributed by atoms with E-state index in [1.807, 2.05) is 34.6 Å². The molecule has 0 bridgehead atoms. The highest BCUT2D eigenvalue weighted by Crippen LogP contribution is 2.27. The number of ether oxygens (including phenoxy) is 1. The van der Waals surface area contributed by atoms with E-state index in [4.69, 9.17) is 15.9 Å². The molecule has 0 saturated carbocycles. The molecule has 1 heterocycles. The van der Waals surface area contributed by atoms with Gasteiger partial charge < -0.3 is 31.6 Å². The lowest BCUT2D eigenvalue weighted by molar-refractivity contribution is -0.124. The number of nitrogens with one attached hydrogen (secondary N) is 3. The number of benzene rings is 1. The summed E-state index contributed by atoms with van der Waals surface area (Å²) in [6.45, 7) is 11.2. The quantitative estimate of drug-likeness (QED) is 0.163. The first-order valence-corrected chi connectivity index (χ1v) is 10.7. The van der Waals surface area contributed by atoms with Crippen LogP contribution in [0.3, 0.4) is 0 Å². The van der Waals surface area contributed by atoms with Crippen LogP contribution in [0.4, 0.5) is 17.2 Å². The molecule has 1 aromatic carbocycles. The van der Waals surface area contributed by atoms with E-state index in [-0.39, 0.29) is 30.1 Å². The third-order valence-electron chi connectivity index (χ3n) is 4.08. The van der Waals surface area contributed by atoms with Gasteiger partial charge in [-0.25, -0.2) is 9.97 Å². The molecule has 2 rings (SSSR count). The molecular weight excluding hydrogens is 420 g/mol. The summed E-state index contributed by atoms with van der Waals surface area (Å²) in [5, 5.41) is 23.4. The molecule has 0 spiro atoms. The molecule has 0 fully saturated rings. The van der Waals surface area contributed by atoms with Gasteiger partial charge >= 0.3 is 0 Å². The summed E-state index contributed by atoms with van der Waals surface area (Å²) in [6.07, 6.45) is 5.96. The van der Waals surface area contributed by atoms with Gasteiger partial charge in [0.25, 0.3) is 5.91 Å². The van der Waals surface area contributed by atoms with Crippen LogP contribution in [-0.2, 0) is 9.53 Å². The Labute approximate surface area is 195 Å². The Balaban J connectivity index is 0.00000265. The number of carbonyl (C=O) groups is 1. The number of aromatic hydroxyl groups is 1. The molecule has 0 aliphatic heterocycles. The number of nitrogen functional groups attached to an aromatic ring is 1. The molecule has 0 aliphatic rings. The smallest absolute Gasteiger partial charge is 0.258 e. The number of rotatable bonds is 9.